The van der Waals surface area contributed by atoms with Crippen molar-refractivity contribution in [2.45, 2.75) is 45.1 Å². The van der Waals surface area contributed by atoms with Crippen LogP contribution in [-0.2, 0) is 6.54 Å². The lowest BCUT2D eigenvalue weighted by Crippen LogP contribution is -2.32. The standard InChI is InChI=1S/C18H22N4O/c1-13(2)17-20-21-18(23-17)14-7-9-22(10-8-14)12-16-6-4-3-5-15(16)11-19/h3-6,13-14H,7-10,12H2,1-2H3. The molecule has 0 N–H and O–H groups in total. The van der Waals surface area contributed by atoms with Gasteiger partial charge in [-0.3, -0.25) is 4.90 Å². The maximum absolute atomic E-state index is 9.19. The molecule has 0 aliphatic carbocycles. The van der Waals surface area contributed by atoms with E-state index >= 15 is 0 Å². The van der Waals surface area contributed by atoms with Crippen LogP contribution in [0.5, 0.6) is 0 Å². The van der Waals surface area contributed by atoms with Gasteiger partial charge in [0.05, 0.1) is 11.6 Å². The normalized spacial score (nSPS) is 16.6. The molecule has 2 aromatic rings. The molecule has 1 saturated heterocycles. The van der Waals surface area contributed by atoms with Gasteiger partial charge in [-0.2, -0.15) is 5.26 Å². The SMILES string of the molecule is CC(C)c1nnc(C2CCN(Cc3ccccc3C#N)CC2)o1. The van der Waals surface area contributed by atoms with E-state index in [4.69, 9.17) is 4.42 Å². The number of hydrogen-bond donors (Lipinski definition) is 0. The summed E-state index contributed by atoms with van der Waals surface area (Å²) in [5, 5.41) is 17.5. The van der Waals surface area contributed by atoms with Gasteiger partial charge in [0.25, 0.3) is 0 Å². The molecule has 5 nitrogen and oxygen atoms in total. The molecule has 2 heterocycles. The van der Waals surface area contributed by atoms with E-state index < -0.39 is 0 Å². The monoisotopic (exact) mass is 310 g/mol. The molecule has 3 rings (SSSR count). The fraction of sp³-hybridized carbons (Fsp3) is 0.500. The Hall–Kier alpha value is -2.19. The van der Waals surface area contributed by atoms with Crippen LogP contribution in [0.1, 0.15) is 61.4 Å². The van der Waals surface area contributed by atoms with Crippen molar-refractivity contribution in [3.63, 3.8) is 0 Å². The number of rotatable bonds is 4. The van der Waals surface area contributed by atoms with Crippen LogP contribution < -0.4 is 0 Å². The lowest BCUT2D eigenvalue weighted by molar-refractivity contribution is 0.191. The van der Waals surface area contributed by atoms with Gasteiger partial charge >= 0.3 is 0 Å². The van der Waals surface area contributed by atoms with Crippen LogP contribution in [0.4, 0.5) is 0 Å². The molecule has 0 saturated carbocycles. The van der Waals surface area contributed by atoms with Gasteiger partial charge in [0, 0.05) is 18.4 Å². The highest BCUT2D eigenvalue weighted by Crippen LogP contribution is 2.29. The molecule has 0 bridgehead atoms. The molecule has 0 spiro atoms. The number of aromatic nitrogens is 2. The van der Waals surface area contributed by atoms with Crippen LogP contribution in [0.3, 0.4) is 0 Å². The maximum Gasteiger partial charge on any atom is 0.219 e. The quantitative estimate of drug-likeness (QED) is 0.865. The smallest absolute Gasteiger partial charge is 0.219 e. The van der Waals surface area contributed by atoms with Crippen LogP contribution in [0.2, 0.25) is 0 Å². The Morgan fingerprint density at radius 3 is 2.65 bits per heavy atom. The average Bonchev–Trinajstić information content (AvgIpc) is 3.06. The molecule has 23 heavy (non-hydrogen) atoms. The highest BCUT2D eigenvalue weighted by atomic mass is 16.4. The van der Waals surface area contributed by atoms with E-state index in [1.807, 2.05) is 24.3 Å². The van der Waals surface area contributed by atoms with E-state index in [-0.39, 0.29) is 5.92 Å². The summed E-state index contributed by atoms with van der Waals surface area (Å²) in [7, 11) is 0. The summed E-state index contributed by atoms with van der Waals surface area (Å²) in [4.78, 5) is 2.40. The number of piperidine rings is 1. The van der Waals surface area contributed by atoms with Gasteiger partial charge in [-0.05, 0) is 37.6 Å². The van der Waals surface area contributed by atoms with E-state index in [1.165, 1.54) is 0 Å². The molecule has 1 aromatic heterocycles. The summed E-state index contributed by atoms with van der Waals surface area (Å²) in [5.41, 5.74) is 1.88. The van der Waals surface area contributed by atoms with Gasteiger partial charge in [0.15, 0.2) is 0 Å². The number of nitrogens with zero attached hydrogens (tertiary/aromatic N) is 4. The van der Waals surface area contributed by atoms with E-state index in [0.717, 1.165) is 55.4 Å². The number of hydrogen-bond acceptors (Lipinski definition) is 5. The highest BCUT2D eigenvalue weighted by molar-refractivity contribution is 5.37. The largest absolute Gasteiger partial charge is 0.425 e. The molecular weight excluding hydrogens is 288 g/mol. The molecule has 120 valence electrons. The fourth-order valence-corrected chi connectivity index (χ4v) is 2.99. The second-order valence-corrected chi connectivity index (χ2v) is 6.45. The molecule has 1 aliphatic rings. The van der Waals surface area contributed by atoms with Gasteiger partial charge in [-0.1, -0.05) is 32.0 Å². The van der Waals surface area contributed by atoms with Crippen LogP contribution in [0, 0.1) is 11.3 Å². The molecular formula is C18H22N4O. The van der Waals surface area contributed by atoms with E-state index in [0.29, 0.717) is 5.92 Å². The number of likely N-dealkylation sites (tertiary alicyclic amines) is 1. The van der Waals surface area contributed by atoms with Crippen molar-refractivity contribution in [1.82, 2.24) is 15.1 Å². The van der Waals surface area contributed by atoms with E-state index in [2.05, 4.69) is 35.0 Å². The minimum atomic E-state index is 0.277. The summed E-state index contributed by atoms with van der Waals surface area (Å²) in [6, 6.07) is 10.1. The van der Waals surface area contributed by atoms with Crippen LogP contribution in [0.15, 0.2) is 28.7 Å². The third-order valence-corrected chi connectivity index (χ3v) is 4.42. The number of nitriles is 1. The Balaban J connectivity index is 1.59. The lowest BCUT2D eigenvalue weighted by Gasteiger charge is -2.30. The zero-order valence-electron chi connectivity index (χ0n) is 13.7. The molecule has 5 heteroatoms. The first-order chi connectivity index (χ1) is 11.2. The fourth-order valence-electron chi connectivity index (χ4n) is 2.99. The van der Waals surface area contributed by atoms with E-state index in [1.54, 1.807) is 0 Å². The summed E-state index contributed by atoms with van der Waals surface area (Å²) in [6.45, 7) is 6.93. The minimum Gasteiger partial charge on any atom is -0.425 e. The van der Waals surface area contributed by atoms with Gasteiger partial charge in [0.1, 0.15) is 0 Å². The minimum absolute atomic E-state index is 0.277. The van der Waals surface area contributed by atoms with Crippen molar-refractivity contribution in [3.05, 3.63) is 47.2 Å². The Bertz CT molecular complexity index is 693. The van der Waals surface area contributed by atoms with E-state index in [9.17, 15) is 5.26 Å². The Labute approximate surface area is 136 Å². The van der Waals surface area contributed by atoms with Crippen molar-refractivity contribution in [1.29, 1.82) is 5.26 Å². The van der Waals surface area contributed by atoms with Crippen molar-refractivity contribution >= 4 is 0 Å². The zero-order chi connectivity index (χ0) is 16.2. The zero-order valence-corrected chi connectivity index (χ0v) is 13.7. The molecule has 0 radical (unpaired) electrons. The van der Waals surface area contributed by atoms with Crippen LogP contribution in [-0.4, -0.2) is 28.2 Å². The summed E-state index contributed by atoms with van der Waals surface area (Å²) < 4.78 is 5.79. The van der Waals surface area contributed by atoms with Gasteiger partial charge in [-0.25, -0.2) is 0 Å². The van der Waals surface area contributed by atoms with Gasteiger partial charge in [-0.15, -0.1) is 10.2 Å². The third-order valence-electron chi connectivity index (χ3n) is 4.42. The molecule has 0 atom stereocenters. The number of benzene rings is 1. The van der Waals surface area contributed by atoms with Gasteiger partial charge in [0.2, 0.25) is 11.8 Å². The third kappa shape index (κ3) is 3.59. The van der Waals surface area contributed by atoms with Crippen molar-refractivity contribution in [3.8, 4) is 6.07 Å². The Kier molecular flexibility index (Phi) is 4.73. The molecule has 1 fully saturated rings. The van der Waals surface area contributed by atoms with Crippen molar-refractivity contribution < 1.29 is 4.42 Å². The van der Waals surface area contributed by atoms with Crippen molar-refractivity contribution in [2.75, 3.05) is 13.1 Å². The maximum atomic E-state index is 9.19. The van der Waals surface area contributed by atoms with Crippen LogP contribution in [0.25, 0.3) is 0 Å². The summed E-state index contributed by atoms with van der Waals surface area (Å²) in [6.07, 6.45) is 2.04. The molecule has 0 unspecified atom stereocenters. The van der Waals surface area contributed by atoms with Crippen LogP contribution >= 0.6 is 0 Å². The summed E-state index contributed by atoms with van der Waals surface area (Å²) >= 11 is 0. The molecule has 1 aromatic carbocycles. The summed E-state index contributed by atoms with van der Waals surface area (Å²) in [5.74, 6) is 2.15. The second-order valence-electron chi connectivity index (χ2n) is 6.45. The second kappa shape index (κ2) is 6.93. The Morgan fingerprint density at radius 1 is 1.26 bits per heavy atom. The lowest BCUT2D eigenvalue weighted by atomic mass is 9.96. The Morgan fingerprint density at radius 2 is 2.00 bits per heavy atom. The highest BCUT2D eigenvalue weighted by Gasteiger charge is 2.25. The molecule has 0 amide bonds. The topological polar surface area (TPSA) is 66.0 Å². The first kappa shape index (κ1) is 15.7. The van der Waals surface area contributed by atoms with Crippen molar-refractivity contribution in [2.24, 2.45) is 0 Å². The first-order valence-corrected chi connectivity index (χ1v) is 8.21. The van der Waals surface area contributed by atoms with Gasteiger partial charge < -0.3 is 4.42 Å². The average molecular weight is 310 g/mol. The predicted molar refractivity (Wildman–Crippen MR) is 86.8 cm³/mol. The molecule has 1 aliphatic heterocycles. The predicted octanol–water partition coefficient (Wildman–Crippen LogP) is 3.44. The first-order valence-electron chi connectivity index (χ1n) is 8.21.